The Morgan fingerprint density at radius 3 is 1.30 bits per heavy atom. The predicted molar refractivity (Wildman–Crippen MR) is 244 cm³/mol. The summed E-state index contributed by atoms with van der Waals surface area (Å²) in [4.78, 5) is 0. The Hall–Kier alpha value is -2.04. The van der Waals surface area contributed by atoms with Crippen molar-refractivity contribution in [3.8, 4) is 23.7 Å². The minimum atomic E-state index is -0.285. The van der Waals surface area contributed by atoms with Gasteiger partial charge in [0.25, 0.3) is 0 Å². The SMILES string of the molecule is CCCC1CCC(C2CCC(C#Cc3ccccc3)(OCCCCCCCCOC3(C#Cc4ccc(Br)cc4)CCC(C4CCC(CCC)CC4)CC3)CC2)CC1. The van der Waals surface area contributed by atoms with Gasteiger partial charge in [-0.2, -0.15) is 0 Å². The van der Waals surface area contributed by atoms with Crippen molar-refractivity contribution in [3.63, 3.8) is 0 Å². The summed E-state index contributed by atoms with van der Waals surface area (Å²) in [7, 11) is 0. The van der Waals surface area contributed by atoms with Gasteiger partial charge in [0.1, 0.15) is 11.2 Å². The molecule has 2 aromatic rings. The first-order valence-electron chi connectivity index (χ1n) is 24.1. The second-order valence-electron chi connectivity index (χ2n) is 19.0. The summed E-state index contributed by atoms with van der Waals surface area (Å²) in [6.45, 7) is 6.36. The summed E-state index contributed by atoms with van der Waals surface area (Å²) >= 11 is 3.58. The van der Waals surface area contributed by atoms with E-state index in [1.54, 1.807) is 0 Å². The van der Waals surface area contributed by atoms with Crippen molar-refractivity contribution in [1.29, 1.82) is 0 Å². The molecule has 0 saturated heterocycles. The lowest BCUT2D eigenvalue weighted by molar-refractivity contribution is -0.0451. The molecule has 2 aromatic carbocycles. The molecule has 0 aliphatic heterocycles. The number of halogens is 1. The number of unbranched alkanes of at least 4 members (excludes halogenated alkanes) is 5. The molecule has 0 spiro atoms. The molecule has 0 unspecified atom stereocenters. The van der Waals surface area contributed by atoms with Gasteiger partial charge < -0.3 is 9.47 Å². The van der Waals surface area contributed by atoms with E-state index in [2.05, 4.69) is 108 Å². The summed E-state index contributed by atoms with van der Waals surface area (Å²) in [5, 5.41) is 0. The fourth-order valence-electron chi connectivity index (χ4n) is 11.4. The molecule has 4 aliphatic carbocycles. The molecule has 0 bridgehead atoms. The Kier molecular flexibility index (Phi) is 18.5. The average molecular weight is 838 g/mol. The van der Waals surface area contributed by atoms with Gasteiger partial charge in [0.15, 0.2) is 0 Å². The lowest BCUT2D eigenvalue weighted by Gasteiger charge is -2.41. The van der Waals surface area contributed by atoms with Crippen LogP contribution in [0.4, 0.5) is 0 Å². The molecule has 0 radical (unpaired) electrons. The summed E-state index contributed by atoms with van der Waals surface area (Å²) in [5.41, 5.74) is 1.64. The van der Waals surface area contributed by atoms with E-state index in [-0.39, 0.29) is 11.2 Å². The number of ether oxygens (including phenoxy) is 2. The third-order valence-electron chi connectivity index (χ3n) is 15.0. The number of benzene rings is 2. The minimum Gasteiger partial charge on any atom is -0.362 e. The zero-order valence-corrected chi connectivity index (χ0v) is 37.7. The largest absolute Gasteiger partial charge is 0.362 e. The molecule has 3 heteroatoms. The van der Waals surface area contributed by atoms with Crippen LogP contribution in [0.15, 0.2) is 59.1 Å². The van der Waals surface area contributed by atoms with Crippen LogP contribution in [0.25, 0.3) is 0 Å². The van der Waals surface area contributed by atoms with Crippen molar-refractivity contribution in [2.24, 2.45) is 35.5 Å². The molecule has 4 aliphatic rings. The number of hydrogen-bond acceptors (Lipinski definition) is 2. The first kappa shape index (κ1) is 44.5. The first-order chi connectivity index (χ1) is 28.0. The van der Waals surface area contributed by atoms with Gasteiger partial charge in [0, 0.05) is 28.8 Å². The second-order valence-corrected chi connectivity index (χ2v) is 19.9. The molecule has 2 nitrogen and oxygen atoms in total. The van der Waals surface area contributed by atoms with Gasteiger partial charge in [-0.1, -0.05) is 149 Å². The Morgan fingerprint density at radius 2 is 0.877 bits per heavy atom. The molecule has 0 atom stereocenters. The normalized spacial score (nSPS) is 30.4. The fraction of sp³-hybridized carbons (Fsp3) is 0.704. The van der Waals surface area contributed by atoms with Crippen molar-refractivity contribution < 1.29 is 9.47 Å². The molecular formula is C54H77BrO2. The van der Waals surface area contributed by atoms with E-state index >= 15 is 0 Å². The molecule has 0 N–H and O–H groups in total. The van der Waals surface area contributed by atoms with Crippen molar-refractivity contribution in [1.82, 2.24) is 0 Å². The minimum absolute atomic E-state index is 0.271. The topological polar surface area (TPSA) is 18.5 Å². The molecule has 0 amide bonds. The maximum atomic E-state index is 6.82. The number of hydrogen-bond donors (Lipinski definition) is 0. The van der Waals surface area contributed by atoms with Crippen LogP contribution in [0.2, 0.25) is 0 Å². The summed E-state index contributed by atoms with van der Waals surface area (Å²) < 4.78 is 14.7. The predicted octanol–water partition coefficient (Wildman–Crippen LogP) is 15.3. The van der Waals surface area contributed by atoms with Crippen LogP contribution < -0.4 is 0 Å². The van der Waals surface area contributed by atoms with Crippen molar-refractivity contribution >= 4 is 15.9 Å². The van der Waals surface area contributed by atoms with Gasteiger partial charge in [-0.25, -0.2) is 0 Å². The highest BCUT2D eigenvalue weighted by atomic mass is 79.9. The zero-order chi connectivity index (χ0) is 39.6. The molecule has 4 fully saturated rings. The molecule has 0 aromatic heterocycles. The monoisotopic (exact) mass is 837 g/mol. The van der Waals surface area contributed by atoms with Gasteiger partial charge in [0.05, 0.1) is 0 Å². The van der Waals surface area contributed by atoms with Gasteiger partial charge in [-0.15, -0.1) is 0 Å². The Balaban J connectivity index is 0.911. The van der Waals surface area contributed by atoms with Gasteiger partial charge in [-0.05, 0) is 162 Å². The molecular weight excluding hydrogens is 760 g/mol. The molecule has 312 valence electrons. The highest BCUT2D eigenvalue weighted by Crippen LogP contribution is 2.46. The van der Waals surface area contributed by atoms with Crippen LogP contribution in [0, 0.1) is 59.2 Å². The van der Waals surface area contributed by atoms with Crippen LogP contribution in [0.3, 0.4) is 0 Å². The van der Waals surface area contributed by atoms with E-state index in [1.807, 2.05) is 0 Å². The molecule has 4 saturated carbocycles. The Morgan fingerprint density at radius 1 is 0.491 bits per heavy atom. The van der Waals surface area contributed by atoms with Crippen LogP contribution in [-0.4, -0.2) is 24.4 Å². The van der Waals surface area contributed by atoms with Crippen molar-refractivity contribution in [2.75, 3.05) is 13.2 Å². The smallest absolute Gasteiger partial charge is 0.129 e. The van der Waals surface area contributed by atoms with Gasteiger partial charge >= 0.3 is 0 Å². The van der Waals surface area contributed by atoms with E-state index in [0.717, 1.165) is 103 Å². The van der Waals surface area contributed by atoms with Crippen LogP contribution >= 0.6 is 15.9 Å². The van der Waals surface area contributed by atoms with Crippen LogP contribution in [0.1, 0.15) is 192 Å². The average Bonchev–Trinajstić information content (AvgIpc) is 3.25. The number of rotatable bonds is 17. The van der Waals surface area contributed by atoms with E-state index < -0.39 is 0 Å². The third-order valence-corrected chi connectivity index (χ3v) is 15.5. The molecule has 6 rings (SSSR count). The quantitative estimate of drug-likeness (QED) is 0.117. The fourth-order valence-corrected chi connectivity index (χ4v) is 11.6. The lowest BCUT2D eigenvalue weighted by Crippen LogP contribution is -2.38. The molecule has 57 heavy (non-hydrogen) atoms. The van der Waals surface area contributed by atoms with E-state index in [0.29, 0.717) is 0 Å². The van der Waals surface area contributed by atoms with Crippen LogP contribution in [0.5, 0.6) is 0 Å². The highest BCUT2D eigenvalue weighted by molar-refractivity contribution is 9.10. The maximum absolute atomic E-state index is 6.82. The van der Waals surface area contributed by atoms with E-state index in [4.69, 9.17) is 9.47 Å². The summed E-state index contributed by atoms with van der Waals surface area (Å²) in [6, 6.07) is 19.0. The molecule has 0 heterocycles. The third kappa shape index (κ3) is 14.3. The van der Waals surface area contributed by atoms with E-state index in [9.17, 15) is 0 Å². The lowest BCUT2D eigenvalue weighted by atomic mass is 9.67. The van der Waals surface area contributed by atoms with Gasteiger partial charge in [-0.3, -0.25) is 0 Å². The first-order valence-corrected chi connectivity index (χ1v) is 24.9. The summed E-state index contributed by atoms with van der Waals surface area (Å²) in [6.07, 6.45) is 34.0. The van der Waals surface area contributed by atoms with Crippen molar-refractivity contribution in [2.45, 2.75) is 192 Å². The Labute approximate surface area is 358 Å². The second kappa shape index (κ2) is 23.7. The standard InChI is InChI=1S/C54H77BrO2/c1-3-14-44-18-24-48(25-19-44)50-32-38-53(39-33-50,36-30-46-16-10-9-11-17-46)56-42-12-7-5-6-8-13-43-57-54(37-31-47-22-28-52(55)29-23-47)40-34-51(35-41-54)49-26-20-45(15-4-2)21-27-49/h9-11,16-17,22-23,28-29,44-45,48-51H,3-8,12-15,18-21,24-27,32-35,38-43H2,1-2H3. The van der Waals surface area contributed by atoms with Crippen molar-refractivity contribution in [3.05, 3.63) is 70.2 Å². The van der Waals surface area contributed by atoms with E-state index in [1.165, 1.54) is 128 Å². The Bertz CT molecular complexity index is 1530. The highest BCUT2D eigenvalue weighted by Gasteiger charge is 2.39. The summed E-state index contributed by atoms with van der Waals surface area (Å²) in [5.74, 6) is 20.0. The zero-order valence-electron chi connectivity index (χ0n) is 36.2. The van der Waals surface area contributed by atoms with Crippen LogP contribution in [-0.2, 0) is 9.47 Å². The van der Waals surface area contributed by atoms with Gasteiger partial charge in [0.2, 0.25) is 0 Å². The maximum Gasteiger partial charge on any atom is 0.129 e.